The topological polar surface area (TPSA) is 17.1 Å². The number of carbonyl (C=O) groups is 1. The van der Waals surface area contributed by atoms with E-state index in [2.05, 4.69) is 38.1 Å². The summed E-state index contributed by atoms with van der Waals surface area (Å²) in [6.45, 7) is 6.44. The Labute approximate surface area is 98.2 Å². The molecule has 1 aromatic rings. The molecule has 1 rings (SSSR count). The number of allylic oxidation sites excluding steroid dienone is 2. The minimum Gasteiger partial charge on any atom is -0.299 e. The molecular formula is C15H20O. The summed E-state index contributed by atoms with van der Waals surface area (Å²) >= 11 is 0. The van der Waals surface area contributed by atoms with Gasteiger partial charge in [0.1, 0.15) is 6.29 Å². The molecule has 0 radical (unpaired) electrons. The third kappa shape index (κ3) is 4.01. The van der Waals surface area contributed by atoms with Gasteiger partial charge in [-0.05, 0) is 48.5 Å². The molecule has 1 aromatic carbocycles. The molecule has 1 heteroatoms. The van der Waals surface area contributed by atoms with Gasteiger partial charge in [-0.3, -0.25) is 4.79 Å². The molecule has 0 atom stereocenters. The molecule has 0 N–H and O–H groups in total. The average Bonchev–Trinajstić information content (AvgIpc) is 2.27. The van der Waals surface area contributed by atoms with Crippen molar-refractivity contribution in [1.82, 2.24) is 0 Å². The predicted octanol–water partition coefficient (Wildman–Crippen LogP) is 3.88. The fraction of sp³-hybridized carbons (Fsp3) is 0.400. The normalized spacial score (nSPS) is 11.9. The first-order valence-electron chi connectivity index (χ1n) is 5.85. The second kappa shape index (κ2) is 6.26. The van der Waals surface area contributed by atoms with E-state index in [1.54, 1.807) is 6.08 Å². The summed E-state index contributed by atoms with van der Waals surface area (Å²) in [5, 5.41) is 0. The maximum atomic E-state index is 10.4. The summed E-state index contributed by atoms with van der Waals surface area (Å²) in [4.78, 5) is 10.4. The van der Waals surface area contributed by atoms with Crippen LogP contribution >= 0.6 is 0 Å². The largest absolute Gasteiger partial charge is 0.299 e. The van der Waals surface area contributed by atoms with E-state index in [-0.39, 0.29) is 0 Å². The fourth-order valence-corrected chi connectivity index (χ4v) is 1.59. The Morgan fingerprint density at radius 3 is 2.38 bits per heavy atom. The summed E-state index contributed by atoms with van der Waals surface area (Å²) in [5.41, 5.74) is 3.52. The van der Waals surface area contributed by atoms with Crippen molar-refractivity contribution in [3.05, 3.63) is 41.5 Å². The Kier molecular flexibility index (Phi) is 4.97. The average molecular weight is 216 g/mol. The predicted molar refractivity (Wildman–Crippen MR) is 69.3 cm³/mol. The van der Waals surface area contributed by atoms with Gasteiger partial charge in [-0.1, -0.05) is 38.1 Å². The summed E-state index contributed by atoms with van der Waals surface area (Å²) < 4.78 is 0. The molecule has 0 aliphatic rings. The lowest BCUT2D eigenvalue weighted by atomic mass is 10.00. The van der Waals surface area contributed by atoms with Crippen molar-refractivity contribution in [2.24, 2.45) is 5.92 Å². The van der Waals surface area contributed by atoms with Gasteiger partial charge in [0, 0.05) is 0 Å². The second-order valence-electron chi connectivity index (χ2n) is 4.62. The van der Waals surface area contributed by atoms with Gasteiger partial charge in [0.15, 0.2) is 0 Å². The maximum Gasteiger partial charge on any atom is 0.143 e. The highest BCUT2D eigenvalue weighted by atomic mass is 16.1. The molecule has 0 bridgehead atoms. The Hall–Kier alpha value is -1.37. The third-order valence-corrected chi connectivity index (χ3v) is 2.74. The molecular weight excluding hydrogens is 196 g/mol. The third-order valence-electron chi connectivity index (χ3n) is 2.74. The highest BCUT2D eigenvalue weighted by Gasteiger charge is 1.98. The summed E-state index contributed by atoms with van der Waals surface area (Å²) in [6.07, 6.45) is 4.79. The Morgan fingerprint density at radius 2 is 1.88 bits per heavy atom. The van der Waals surface area contributed by atoms with Crippen LogP contribution < -0.4 is 0 Å². The van der Waals surface area contributed by atoms with Crippen molar-refractivity contribution in [3.63, 3.8) is 0 Å². The molecule has 0 saturated heterocycles. The van der Waals surface area contributed by atoms with Crippen LogP contribution in [0.5, 0.6) is 0 Å². The molecule has 16 heavy (non-hydrogen) atoms. The summed E-state index contributed by atoms with van der Waals surface area (Å²) in [5.74, 6) is 0.747. The fourth-order valence-electron chi connectivity index (χ4n) is 1.59. The zero-order valence-electron chi connectivity index (χ0n) is 10.4. The van der Waals surface area contributed by atoms with Crippen LogP contribution in [0, 0.1) is 5.92 Å². The van der Waals surface area contributed by atoms with Crippen LogP contribution in [0.2, 0.25) is 0 Å². The summed E-state index contributed by atoms with van der Waals surface area (Å²) in [7, 11) is 0. The van der Waals surface area contributed by atoms with Gasteiger partial charge in [0.2, 0.25) is 0 Å². The molecule has 0 heterocycles. The van der Waals surface area contributed by atoms with Crippen LogP contribution in [0.4, 0.5) is 0 Å². The maximum absolute atomic E-state index is 10.4. The molecule has 0 amide bonds. The number of benzene rings is 1. The lowest BCUT2D eigenvalue weighted by molar-refractivity contribution is -0.104. The first kappa shape index (κ1) is 12.7. The van der Waals surface area contributed by atoms with Crippen molar-refractivity contribution in [1.29, 1.82) is 0 Å². The van der Waals surface area contributed by atoms with E-state index in [0.29, 0.717) is 0 Å². The first-order chi connectivity index (χ1) is 7.63. The van der Waals surface area contributed by atoms with Crippen LogP contribution in [0.25, 0.3) is 5.57 Å². The quantitative estimate of drug-likeness (QED) is 0.539. The molecule has 86 valence electrons. The molecule has 0 aromatic heterocycles. The SMILES string of the molecule is C/C(=C\C=O)c1ccc(CCC(C)C)cc1. The second-order valence-corrected chi connectivity index (χ2v) is 4.62. The van der Waals surface area contributed by atoms with Crippen LogP contribution in [0.3, 0.4) is 0 Å². The number of carbonyl (C=O) groups excluding carboxylic acids is 1. The number of hydrogen-bond donors (Lipinski definition) is 0. The van der Waals surface area contributed by atoms with E-state index in [9.17, 15) is 4.79 Å². The highest BCUT2D eigenvalue weighted by molar-refractivity contribution is 5.80. The summed E-state index contributed by atoms with van der Waals surface area (Å²) in [6, 6.07) is 8.48. The molecule has 0 saturated carbocycles. The smallest absolute Gasteiger partial charge is 0.143 e. The van der Waals surface area contributed by atoms with E-state index in [0.717, 1.165) is 29.8 Å². The van der Waals surface area contributed by atoms with Gasteiger partial charge < -0.3 is 0 Å². The van der Waals surface area contributed by atoms with Gasteiger partial charge in [0.05, 0.1) is 0 Å². The van der Waals surface area contributed by atoms with Gasteiger partial charge in [-0.15, -0.1) is 0 Å². The van der Waals surface area contributed by atoms with Crippen LogP contribution in [-0.4, -0.2) is 6.29 Å². The van der Waals surface area contributed by atoms with Crippen molar-refractivity contribution in [2.45, 2.75) is 33.6 Å². The van der Waals surface area contributed by atoms with Gasteiger partial charge in [0.25, 0.3) is 0 Å². The minimum atomic E-state index is 0.747. The highest BCUT2D eigenvalue weighted by Crippen LogP contribution is 2.15. The van der Waals surface area contributed by atoms with Crippen molar-refractivity contribution >= 4 is 11.9 Å². The molecule has 0 fully saturated rings. The molecule has 0 spiro atoms. The van der Waals surface area contributed by atoms with Crippen molar-refractivity contribution in [2.75, 3.05) is 0 Å². The van der Waals surface area contributed by atoms with E-state index < -0.39 is 0 Å². The lowest BCUT2D eigenvalue weighted by Crippen LogP contribution is -1.92. The van der Waals surface area contributed by atoms with Crippen LogP contribution in [-0.2, 0) is 11.2 Å². The Bertz CT molecular complexity index is 358. The van der Waals surface area contributed by atoms with Crippen molar-refractivity contribution in [3.8, 4) is 0 Å². The number of aldehydes is 1. The molecule has 0 aliphatic heterocycles. The monoisotopic (exact) mass is 216 g/mol. The van der Waals surface area contributed by atoms with E-state index in [4.69, 9.17) is 0 Å². The van der Waals surface area contributed by atoms with E-state index in [1.807, 2.05) is 6.92 Å². The Morgan fingerprint density at radius 1 is 1.25 bits per heavy atom. The lowest BCUT2D eigenvalue weighted by Gasteiger charge is -2.06. The van der Waals surface area contributed by atoms with E-state index >= 15 is 0 Å². The van der Waals surface area contributed by atoms with Gasteiger partial charge in [-0.25, -0.2) is 0 Å². The number of rotatable bonds is 5. The van der Waals surface area contributed by atoms with E-state index in [1.165, 1.54) is 12.0 Å². The van der Waals surface area contributed by atoms with Gasteiger partial charge in [-0.2, -0.15) is 0 Å². The minimum absolute atomic E-state index is 0.747. The Balaban J connectivity index is 2.68. The molecule has 0 aliphatic carbocycles. The first-order valence-corrected chi connectivity index (χ1v) is 5.85. The van der Waals surface area contributed by atoms with Crippen LogP contribution in [0.15, 0.2) is 30.3 Å². The van der Waals surface area contributed by atoms with Gasteiger partial charge >= 0.3 is 0 Å². The number of aryl methyl sites for hydroxylation is 1. The standard InChI is InChI=1S/C15H20O/c1-12(2)4-5-14-6-8-15(9-7-14)13(3)10-11-16/h6-12H,4-5H2,1-3H3/b13-10+. The molecule has 1 nitrogen and oxygen atoms in total. The molecule has 0 unspecified atom stereocenters. The van der Waals surface area contributed by atoms with Crippen LogP contribution in [0.1, 0.15) is 38.3 Å². The zero-order valence-corrected chi connectivity index (χ0v) is 10.4. The number of hydrogen-bond acceptors (Lipinski definition) is 1. The van der Waals surface area contributed by atoms with Crippen molar-refractivity contribution < 1.29 is 4.79 Å². The zero-order chi connectivity index (χ0) is 12.0.